The van der Waals surface area contributed by atoms with Crippen molar-refractivity contribution in [1.29, 1.82) is 0 Å². The smallest absolute Gasteiger partial charge is 0.255 e. The summed E-state index contributed by atoms with van der Waals surface area (Å²) in [7, 11) is 0. The van der Waals surface area contributed by atoms with Crippen LogP contribution < -0.4 is 0 Å². The molecule has 2 rings (SSSR count). The fourth-order valence-corrected chi connectivity index (χ4v) is 2.48. The molecule has 18 heavy (non-hydrogen) atoms. The molecule has 5 heteroatoms. The predicted molar refractivity (Wildman–Crippen MR) is 68.9 cm³/mol. The summed E-state index contributed by atoms with van der Waals surface area (Å²) in [6, 6.07) is 4.27. The van der Waals surface area contributed by atoms with E-state index >= 15 is 0 Å². The Morgan fingerprint density at radius 3 is 2.78 bits per heavy atom. The van der Waals surface area contributed by atoms with Gasteiger partial charge >= 0.3 is 0 Å². The highest BCUT2D eigenvalue weighted by atomic mass is 35.5. The van der Waals surface area contributed by atoms with Crippen LogP contribution in [-0.2, 0) is 0 Å². The van der Waals surface area contributed by atoms with Crippen LogP contribution in [0.4, 0.5) is 0 Å². The molecular formula is C13H16ClNO3. The van der Waals surface area contributed by atoms with Crippen LogP contribution in [0, 0.1) is 0 Å². The fourth-order valence-electron chi connectivity index (χ4n) is 2.28. The van der Waals surface area contributed by atoms with Crippen LogP contribution in [0.5, 0.6) is 5.75 Å². The second-order valence-corrected chi connectivity index (χ2v) is 5.21. The molecule has 98 valence electrons. The second-order valence-electron chi connectivity index (χ2n) is 4.80. The second kappa shape index (κ2) is 4.78. The molecule has 1 aliphatic rings. The lowest BCUT2D eigenvalue weighted by Gasteiger charge is -2.46. The number of β-amino-alcohol motifs (C(OH)–C–C–N with tert-alkyl or cyclic N) is 1. The Hall–Kier alpha value is -1.26. The van der Waals surface area contributed by atoms with Gasteiger partial charge in [-0.15, -0.1) is 0 Å². The largest absolute Gasteiger partial charge is 0.508 e. The number of amides is 1. The average Bonchev–Trinajstić information content (AvgIpc) is 2.28. The average molecular weight is 270 g/mol. The highest BCUT2D eigenvalue weighted by molar-refractivity contribution is 6.33. The molecule has 1 aliphatic heterocycles. The highest BCUT2D eigenvalue weighted by Gasteiger charge is 2.43. The molecule has 4 nitrogen and oxygen atoms in total. The lowest BCUT2D eigenvalue weighted by Crippen LogP contribution is -2.63. The number of aromatic hydroxyl groups is 1. The van der Waals surface area contributed by atoms with Crippen molar-refractivity contribution >= 4 is 17.5 Å². The molecule has 0 atom stereocenters. The van der Waals surface area contributed by atoms with Crippen molar-refractivity contribution in [2.45, 2.75) is 25.4 Å². The van der Waals surface area contributed by atoms with Gasteiger partial charge in [-0.1, -0.05) is 24.9 Å². The van der Waals surface area contributed by atoms with Crippen molar-refractivity contribution < 1.29 is 15.0 Å². The minimum Gasteiger partial charge on any atom is -0.508 e. The first-order valence-electron chi connectivity index (χ1n) is 5.95. The van der Waals surface area contributed by atoms with Gasteiger partial charge in [0, 0.05) is 0 Å². The van der Waals surface area contributed by atoms with Crippen molar-refractivity contribution in [2.75, 3.05) is 13.1 Å². The molecule has 0 saturated carbocycles. The SMILES string of the molecule is CCCC1(O)CN(C(=O)c2cc(O)ccc2Cl)C1. The number of benzene rings is 1. The molecule has 2 N–H and O–H groups in total. The monoisotopic (exact) mass is 269 g/mol. The zero-order chi connectivity index (χ0) is 13.3. The van der Waals surface area contributed by atoms with Crippen LogP contribution in [0.25, 0.3) is 0 Å². The van der Waals surface area contributed by atoms with E-state index in [2.05, 4.69) is 0 Å². The van der Waals surface area contributed by atoms with E-state index in [0.717, 1.165) is 6.42 Å². The molecule has 1 heterocycles. The Bertz CT molecular complexity index is 469. The lowest BCUT2D eigenvalue weighted by molar-refractivity contribution is -0.0860. The molecule has 0 bridgehead atoms. The zero-order valence-corrected chi connectivity index (χ0v) is 10.9. The molecule has 1 aromatic carbocycles. The van der Waals surface area contributed by atoms with Crippen molar-refractivity contribution in [3.63, 3.8) is 0 Å². The molecule has 0 aromatic heterocycles. The highest BCUT2D eigenvalue weighted by Crippen LogP contribution is 2.30. The summed E-state index contributed by atoms with van der Waals surface area (Å²) in [4.78, 5) is 13.6. The summed E-state index contributed by atoms with van der Waals surface area (Å²) in [6.45, 7) is 2.64. The molecular weight excluding hydrogens is 254 g/mol. The molecule has 0 unspecified atom stereocenters. The molecule has 1 fully saturated rings. The Morgan fingerprint density at radius 2 is 2.17 bits per heavy atom. The number of rotatable bonds is 3. The number of likely N-dealkylation sites (tertiary alicyclic amines) is 1. The summed E-state index contributed by atoms with van der Waals surface area (Å²) < 4.78 is 0. The fraction of sp³-hybridized carbons (Fsp3) is 0.462. The van der Waals surface area contributed by atoms with Crippen LogP contribution in [0.2, 0.25) is 5.02 Å². The minimum absolute atomic E-state index is 0.00657. The number of phenolic OH excluding ortho intramolecular Hbond substituents is 1. The summed E-state index contributed by atoms with van der Waals surface area (Å²) in [5.41, 5.74) is -0.483. The van der Waals surface area contributed by atoms with E-state index < -0.39 is 5.60 Å². The Morgan fingerprint density at radius 1 is 1.50 bits per heavy atom. The van der Waals surface area contributed by atoms with Crippen molar-refractivity contribution in [3.05, 3.63) is 28.8 Å². The van der Waals surface area contributed by atoms with Gasteiger partial charge in [-0.2, -0.15) is 0 Å². The molecule has 1 amide bonds. The van der Waals surface area contributed by atoms with Gasteiger partial charge in [-0.25, -0.2) is 0 Å². The number of phenols is 1. The lowest BCUT2D eigenvalue weighted by atomic mass is 9.89. The van der Waals surface area contributed by atoms with Crippen LogP contribution in [0.15, 0.2) is 18.2 Å². The normalized spacial score (nSPS) is 17.4. The maximum absolute atomic E-state index is 12.1. The van der Waals surface area contributed by atoms with Crippen LogP contribution in [0.1, 0.15) is 30.1 Å². The van der Waals surface area contributed by atoms with E-state index in [1.54, 1.807) is 0 Å². The number of hydrogen-bond acceptors (Lipinski definition) is 3. The Labute approximate surface area is 111 Å². The number of hydrogen-bond donors (Lipinski definition) is 2. The minimum atomic E-state index is -0.756. The molecule has 0 spiro atoms. The van der Waals surface area contributed by atoms with Crippen LogP contribution >= 0.6 is 11.6 Å². The first-order valence-corrected chi connectivity index (χ1v) is 6.33. The van der Waals surface area contributed by atoms with E-state index in [1.807, 2.05) is 6.92 Å². The van der Waals surface area contributed by atoms with Crippen LogP contribution in [0.3, 0.4) is 0 Å². The number of carbonyl (C=O) groups is 1. The third-order valence-electron chi connectivity index (χ3n) is 3.15. The number of carbonyl (C=O) groups excluding carboxylic acids is 1. The maximum atomic E-state index is 12.1. The van der Waals surface area contributed by atoms with Crippen molar-refractivity contribution in [1.82, 2.24) is 4.90 Å². The van der Waals surface area contributed by atoms with E-state index in [1.165, 1.54) is 23.1 Å². The Balaban J connectivity index is 2.08. The summed E-state index contributed by atoms with van der Waals surface area (Å²) in [6.07, 6.45) is 1.57. The van der Waals surface area contributed by atoms with Gasteiger partial charge in [0.15, 0.2) is 0 Å². The maximum Gasteiger partial charge on any atom is 0.255 e. The van der Waals surface area contributed by atoms with Gasteiger partial charge in [0.25, 0.3) is 5.91 Å². The van der Waals surface area contributed by atoms with E-state index in [-0.39, 0.29) is 17.2 Å². The number of nitrogens with zero attached hydrogens (tertiary/aromatic N) is 1. The quantitative estimate of drug-likeness (QED) is 0.883. The first kappa shape index (κ1) is 13.2. The van der Waals surface area contributed by atoms with Gasteiger partial charge < -0.3 is 15.1 Å². The van der Waals surface area contributed by atoms with E-state index in [9.17, 15) is 15.0 Å². The van der Waals surface area contributed by atoms with E-state index in [4.69, 9.17) is 11.6 Å². The van der Waals surface area contributed by atoms with Gasteiger partial charge in [-0.3, -0.25) is 4.79 Å². The van der Waals surface area contributed by atoms with Gasteiger partial charge in [0.2, 0.25) is 0 Å². The molecule has 0 aliphatic carbocycles. The number of aliphatic hydroxyl groups is 1. The predicted octanol–water partition coefficient (Wildman–Crippen LogP) is 2.03. The van der Waals surface area contributed by atoms with Gasteiger partial charge in [-0.05, 0) is 24.6 Å². The van der Waals surface area contributed by atoms with Gasteiger partial charge in [0.05, 0.1) is 29.3 Å². The van der Waals surface area contributed by atoms with Gasteiger partial charge in [0.1, 0.15) is 5.75 Å². The summed E-state index contributed by atoms with van der Waals surface area (Å²) >= 11 is 5.93. The molecule has 0 radical (unpaired) electrons. The van der Waals surface area contributed by atoms with E-state index in [0.29, 0.717) is 24.5 Å². The third kappa shape index (κ3) is 2.44. The summed E-state index contributed by atoms with van der Waals surface area (Å²) in [5, 5.41) is 19.7. The zero-order valence-electron chi connectivity index (χ0n) is 10.2. The van der Waals surface area contributed by atoms with Crippen LogP contribution in [-0.4, -0.2) is 39.7 Å². The molecule has 1 aromatic rings. The first-order chi connectivity index (χ1) is 8.45. The summed E-state index contributed by atoms with van der Waals surface area (Å²) in [5.74, 6) is -0.247. The third-order valence-corrected chi connectivity index (χ3v) is 3.48. The topological polar surface area (TPSA) is 60.8 Å². The van der Waals surface area contributed by atoms with Crippen molar-refractivity contribution in [3.8, 4) is 5.75 Å². The molecule has 1 saturated heterocycles. The standard InChI is InChI=1S/C13H16ClNO3/c1-2-5-13(18)7-15(8-13)12(17)10-6-9(16)3-4-11(10)14/h3-4,6,16,18H,2,5,7-8H2,1H3. The van der Waals surface area contributed by atoms with Crippen molar-refractivity contribution in [2.24, 2.45) is 0 Å². The number of halogens is 1. The Kier molecular flexibility index (Phi) is 3.50.